The molecule has 0 aliphatic heterocycles. The lowest BCUT2D eigenvalue weighted by atomic mass is 10.1. The maximum Gasteiger partial charge on any atom is 0.264 e. The molecule has 0 fully saturated rings. The highest BCUT2D eigenvalue weighted by Gasteiger charge is 2.19. The summed E-state index contributed by atoms with van der Waals surface area (Å²) in [6.45, 7) is 6.28. The van der Waals surface area contributed by atoms with Crippen LogP contribution in [0.15, 0.2) is 41.6 Å². The van der Waals surface area contributed by atoms with Crippen LogP contribution in [0.3, 0.4) is 0 Å². The van der Waals surface area contributed by atoms with Gasteiger partial charge in [0.25, 0.3) is 5.56 Å². The van der Waals surface area contributed by atoms with Crippen molar-refractivity contribution in [2.75, 3.05) is 0 Å². The molecule has 0 unspecified atom stereocenters. The van der Waals surface area contributed by atoms with Crippen molar-refractivity contribution in [2.24, 2.45) is 0 Å². The van der Waals surface area contributed by atoms with Crippen LogP contribution in [0, 0.1) is 5.82 Å². The van der Waals surface area contributed by atoms with E-state index in [1.807, 2.05) is 20.8 Å². The number of fused-ring (bicyclic) bond motifs is 1. The number of rotatable bonds is 2. The first-order valence-electron chi connectivity index (χ1n) is 7.04. The summed E-state index contributed by atoms with van der Waals surface area (Å²) in [6.07, 6.45) is 3.03. The fourth-order valence-electron chi connectivity index (χ4n) is 2.38. The summed E-state index contributed by atoms with van der Waals surface area (Å²) in [5, 5.41) is 4.74. The highest BCUT2D eigenvalue weighted by molar-refractivity contribution is 5.73. The van der Waals surface area contributed by atoms with E-state index in [-0.39, 0.29) is 23.5 Å². The Balaban J connectivity index is 2.06. The Morgan fingerprint density at radius 1 is 1.27 bits per heavy atom. The number of hydrogen-bond acceptors (Lipinski definition) is 3. The van der Waals surface area contributed by atoms with E-state index in [0.29, 0.717) is 16.6 Å². The van der Waals surface area contributed by atoms with Crippen molar-refractivity contribution in [1.29, 1.82) is 0 Å². The zero-order valence-corrected chi connectivity index (χ0v) is 12.7. The van der Waals surface area contributed by atoms with Gasteiger partial charge in [-0.2, -0.15) is 5.10 Å². The van der Waals surface area contributed by atoms with E-state index in [1.165, 1.54) is 29.2 Å². The van der Waals surface area contributed by atoms with E-state index < -0.39 is 0 Å². The molecule has 22 heavy (non-hydrogen) atoms. The number of halogens is 1. The second-order valence-corrected chi connectivity index (χ2v) is 6.27. The summed E-state index contributed by atoms with van der Waals surface area (Å²) in [5.41, 5.74) is 0.847. The molecule has 6 heteroatoms. The summed E-state index contributed by atoms with van der Waals surface area (Å²) in [6, 6.07) is 6.19. The Morgan fingerprint density at radius 2 is 2.05 bits per heavy atom. The van der Waals surface area contributed by atoms with Crippen molar-refractivity contribution in [2.45, 2.75) is 32.9 Å². The average Bonchev–Trinajstić information content (AvgIpc) is 2.87. The second-order valence-electron chi connectivity index (χ2n) is 6.27. The van der Waals surface area contributed by atoms with Crippen molar-refractivity contribution >= 4 is 11.0 Å². The van der Waals surface area contributed by atoms with Crippen LogP contribution in [-0.2, 0) is 12.1 Å². The van der Waals surface area contributed by atoms with Gasteiger partial charge >= 0.3 is 0 Å². The van der Waals surface area contributed by atoms with Crippen LogP contribution in [-0.4, -0.2) is 19.3 Å². The molecule has 0 aliphatic carbocycles. The fraction of sp³-hybridized carbons (Fsp3) is 0.312. The summed E-state index contributed by atoms with van der Waals surface area (Å²) in [4.78, 5) is 16.9. The minimum Gasteiger partial charge on any atom is -0.294 e. The average molecular weight is 300 g/mol. The van der Waals surface area contributed by atoms with Gasteiger partial charge in [-0.1, -0.05) is 12.1 Å². The lowest BCUT2D eigenvalue weighted by Crippen LogP contribution is -2.25. The predicted molar refractivity (Wildman–Crippen MR) is 82.3 cm³/mol. The van der Waals surface area contributed by atoms with Crippen molar-refractivity contribution < 1.29 is 4.39 Å². The van der Waals surface area contributed by atoms with Gasteiger partial charge in [-0.3, -0.25) is 9.36 Å². The van der Waals surface area contributed by atoms with E-state index in [9.17, 15) is 9.18 Å². The quantitative estimate of drug-likeness (QED) is 0.731. The molecule has 5 nitrogen and oxygen atoms in total. The van der Waals surface area contributed by atoms with Gasteiger partial charge in [0.15, 0.2) is 5.65 Å². The normalized spacial score (nSPS) is 12.0. The molecule has 3 aromatic rings. The predicted octanol–water partition coefficient (Wildman–Crippen LogP) is 2.54. The Labute approximate surface area is 127 Å². The fourth-order valence-corrected chi connectivity index (χ4v) is 2.38. The van der Waals surface area contributed by atoms with Crippen molar-refractivity contribution in [3.05, 3.63) is 58.5 Å². The molecule has 0 aliphatic rings. The summed E-state index contributed by atoms with van der Waals surface area (Å²) < 4.78 is 16.4. The molecule has 114 valence electrons. The molecule has 2 aromatic heterocycles. The van der Waals surface area contributed by atoms with Gasteiger partial charge in [-0.05, 0) is 38.5 Å². The van der Waals surface area contributed by atoms with Crippen LogP contribution >= 0.6 is 0 Å². The molecule has 0 atom stereocenters. The maximum absolute atomic E-state index is 13.2. The van der Waals surface area contributed by atoms with Gasteiger partial charge in [0, 0.05) is 0 Å². The third-order valence-corrected chi connectivity index (χ3v) is 3.43. The molecular formula is C16H17FN4O. The number of hydrogen-bond donors (Lipinski definition) is 0. The second kappa shape index (κ2) is 5.05. The standard InChI is InChI=1S/C16H17FN4O/c1-16(2,3)21-14-13(8-19-21)15(22)20(10-18-14)9-11-5-4-6-12(17)7-11/h4-8,10H,9H2,1-3H3. The largest absolute Gasteiger partial charge is 0.294 e. The molecule has 0 N–H and O–H groups in total. The van der Waals surface area contributed by atoms with Crippen LogP contribution < -0.4 is 5.56 Å². The third-order valence-electron chi connectivity index (χ3n) is 3.43. The lowest BCUT2D eigenvalue weighted by Gasteiger charge is -2.19. The van der Waals surface area contributed by atoms with E-state index in [2.05, 4.69) is 10.1 Å². The maximum atomic E-state index is 13.2. The van der Waals surface area contributed by atoms with Crippen molar-refractivity contribution in [1.82, 2.24) is 19.3 Å². The molecular weight excluding hydrogens is 283 g/mol. The topological polar surface area (TPSA) is 52.7 Å². The zero-order valence-electron chi connectivity index (χ0n) is 12.7. The van der Waals surface area contributed by atoms with E-state index in [1.54, 1.807) is 16.8 Å². The van der Waals surface area contributed by atoms with E-state index >= 15 is 0 Å². The summed E-state index contributed by atoms with van der Waals surface area (Å²) >= 11 is 0. The van der Waals surface area contributed by atoms with Gasteiger partial charge in [-0.15, -0.1) is 0 Å². The Kier molecular flexibility index (Phi) is 3.31. The van der Waals surface area contributed by atoms with Gasteiger partial charge in [0.05, 0.1) is 18.3 Å². The van der Waals surface area contributed by atoms with E-state index in [4.69, 9.17) is 0 Å². The minimum absolute atomic E-state index is 0.176. The first-order chi connectivity index (χ1) is 10.4. The molecule has 0 spiro atoms. The van der Waals surface area contributed by atoms with Gasteiger partial charge in [0.1, 0.15) is 17.5 Å². The van der Waals surface area contributed by atoms with Gasteiger partial charge in [0.2, 0.25) is 0 Å². The smallest absolute Gasteiger partial charge is 0.264 e. The summed E-state index contributed by atoms with van der Waals surface area (Å²) in [5.74, 6) is -0.319. The van der Waals surface area contributed by atoms with Gasteiger partial charge in [-0.25, -0.2) is 14.1 Å². The molecule has 0 saturated heterocycles. The van der Waals surface area contributed by atoms with Crippen LogP contribution in [0.5, 0.6) is 0 Å². The monoisotopic (exact) mass is 300 g/mol. The third kappa shape index (κ3) is 2.52. The molecule has 3 rings (SSSR count). The SMILES string of the molecule is CC(C)(C)n1ncc2c(=O)n(Cc3cccc(F)c3)cnc21. The van der Waals surface area contributed by atoms with Gasteiger partial charge < -0.3 is 0 Å². The van der Waals surface area contributed by atoms with Crippen LogP contribution in [0.2, 0.25) is 0 Å². The molecule has 0 bridgehead atoms. The van der Waals surface area contributed by atoms with E-state index in [0.717, 1.165) is 0 Å². The van der Waals surface area contributed by atoms with Crippen LogP contribution in [0.1, 0.15) is 26.3 Å². The number of nitrogens with zero attached hydrogens (tertiary/aromatic N) is 4. The highest BCUT2D eigenvalue weighted by atomic mass is 19.1. The number of aromatic nitrogens is 4. The highest BCUT2D eigenvalue weighted by Crippen LogP contribution is 2.17. The number of benzene rings is 1. The molecule has 1 aromatic carbocycles. The van der Waals surface area contributed by atoms with Crippen LogP contribution in [0.4, 0.5) is 4.39 Å². The Morgan fingerprint density at radius 3 is 2.73 bits per heavy atom. The zero-order chi connectivity index (χ0) is 15.9. The summed E-state index contributed by atoms with van der Waals surface area (Å²) in [7, 11) is 0. The first kappa shape index (κ1) is 14.4. The van der Waals surface area contributed by atoms with Crippen molar-refractivity contribution in [3.8, 4) is 0 Å². The Hall–Kier alpha value is -2.50. The Bertz CT molecular complexity index is 889. The molecule has 2 heterocycles. The minimum atomic E-state index is -0.319. The first-order valence-corrected chi connectivity index (χ1v) is 7.04. The lowest BCUT2D eigenvalue weighted by molar-refractivity contribution is 0.365. The molecule has 0 radical (unpaired) electrons. The van der Waals surface area contributed by atoms with Crippen LogP contribution in [0.25, 0.3) is 11.0 Å². The molecule has 0 amide bonds. The molecule has 0 saturated carbocycles. The van der Waals surface area contributed by atoms with Crippen molar-refractivity contribution in [3.63, 3.8) is 0 Å².